The number of rotatable bonds is 5. The summed E-state index contributed by atoms with van der Waals surface area (Å²) < 4.78 is 32.8. The Morgan fingerprint density at radius 3 is 2.34 bits per heavy atom. The lowest BCUT2D eigenvalue weighted by molar-refractivity contribution is 0.0730. The second-order valence-electron chi connectivity index (χ2n) is 8.37. The Morgan fingerprint density at radius 1 is 0.938 bits per heavy atom. The molecule has 0 aliphatic carbocycles. The van der Waals surface area contributed by atoms with E-state index in [1.807, 2.05) is 31.2 Å². The minimum atomic E-state index is -3.67. The predicted molar refractivity (Wildman–Crippen MR) is 126 cm³/mol. The normalized spacial score (nSPS) is 18.2. The van der Waals surface area contributed by atoms with Crippen LogP contribution in [0.1, 0.15) is 41.6 Å². The Hall–Kier alpha value is -2.42. The van der Waals surface area contributed by atoms with E-state index in [-0.39, 0.29) is 10.8 Å². The number of amides is 1. The smallest absolute Gasteiger partial charge is 0.256 e. The van der Waals surface area contributed by atoms with Crippen molar-refractivity contribution in [2.45, 2.75) is 37.5 Å². The number of ether oxygens (including phenoxy) is 1. The first-order valence-electron chi connectivity index (χ1n) is 11.3. The molecule has 4 rings (SSSR count). The third kappa shape index (κ3) is 4.98. The molecule has 2 aromatic carbocycles. The molecule has 1 amide bonds. The molecule has 0 atom stereocenters. The zero-order chi connectivity index (χ0) is 22.6. The molecule has 2 saturated heterocycles. The van der Waals surface area contributed by atoms with E-state index < -0.39 is 10.0 Å². The first kappa shape index (κ1) is 22.8. The zero-order valence-corrected chi connectivity index (χ0v) is 19.4. The number of carbonyl (C=O) groups excluding carboxylic acids is 1. The fourth-order valence-corrected chi connectivity index (χ4v) is 5.73. The molecule has 2 fully saturated rings. The van der Waals surface area contributed by atoms with Gasteiger partial charge in [0.15, 0.2) is 0 Å². The van der Waals surface area contributed by atoms with E-state index in [1.165, 1.54) is 23.2 Å². The standard InChI is InChI=1S/C24H31N3O4S/c1-19-10-11-20(32(29,30)27-14-16-31-17-15-27)18-21(19)24(28)25-22-8-4-5-9-23(22)26-12-6-2-3-7-13-26/h4-5,8-11,18H,2-3,6-7,12-17H2,1H3,(H,25,28). The van der Waals surface area contributed by atoms with Crippen molar-refractivity contribution in [1.29, 1.82) is 0 Å². The lowest BCUT2D eigenvalue weighted by Crippen LogP contribution is -2.40. The molecule has 0 spiro atoms. The fraction of sp³-hybridized carbons (Fsp3) is 0.458. The minimum absolute atomic E-state index is 0.135. The van der Waals surface area contributed by atoms with Gasteiger partial charge in [-0.05, 0) is 49.6 Å². The fourth-order valence-electron chi connectivity index (χ4n) is 4.30. The lowest BCUT2D eigenvalue weighted by atomic mass is 10.1. The van der Waals surface area contributed by atoms with E-state index in [0.29, 0.717) is 31.9 Å². The van der Waals surface area contributed by atoms with Crippen LogP contribution in [0.2, 0.25) is 0 Å². The van der Waals surface area contributed by atoms with Crippen LogP contribution in [0.3, 0.4) is 0 Å². The highest BCUT2D eigenvalue weighted by atomic mass is 32.2. The quantitative estimate of drug-likeness (QED) is 0.742. The van der Waals surface area contributed by atoms with E-state index in [9.17, 15) is 13.2 Å². The average molecular weight is 458 g/mol. The summed E-state index contributed by atoms with van der Waals surface area (Å²) >= 11 is 0. The van der Waals surface area contributed by atoms with E-state index in [2.05, 4.69) is 10.2 Å². The summed E-state index contributed by atoms with van der Waals surface area (Å²) in [6.07, 6.45) is 4.74. The number of benzene rings is 2. The van der Waals surface area contributed by atoms with Crippen molar-refractivity contribution in [3.63, 3.8) is 0 Å². The van der Waals surface area contributed by atoms with Gasteiger partial charge < -0.3 is 15.0 Å². The lowest BCUT2D eigenvalue weighted by Gasteiger charge is -2.26. The summed E-state index contributed by atoms with van der Waals surface area (Å²) in [5.74, 6) is -0.302. The third-order valence-electron chi connectivity index (χ3n) is 6.16. The van der Waals surface area contributed by atoms with Crippen LogP contribution in [0.5, 0.6) is 0 Å². The molecule has 2 aromatic rings. The van der Waals surface area contributed by atoms with Gasteiger partial charge in [-0.15, -0.1) is 0 Å². The molecule has 0 aromatic heterocycles. The maximum Gasteiger partial charge on any atom is 0.256 e. The average Bonchev–Trinajstić information content (AvgIpc) is 3.09. The number of nitrogens with zero attached hydrogens (tertiary/aromatic N) is 2. The molecule has 172 valence electrons. The number of nitrogens with one attached hydrogen (secondary N) is 1. The second-order valence-corrected chi connectivity index (χ2v) is 10.3. The van der Waals surface area contributed by atoms with Crippen LogP contribution >= 0.6 is 0 Å². The van der Waals surface area contributed by atoms with Crippen molar-refractivity contribution in [1.82, 2.24) is 4.31 Å². The highest BCUT2D eigenvalue weighted by molar-refractivity contribution is 7.89. The van der Waals surface area contributed by atoms with Gasteiger partial charge in [0.2, 0.25) is 10.0 Å². The maximum atomic E-state index is 13.2. The van der Waals surface area contributed by atoms with Crippen LogP contribution in [0, 0.1) is 6.92 Å². The summed E-state index contributed by atoms with van der Waals surface area (Å²) in [6, 6.07) is 12.6. The molecular weight excluding hydrogens is 426 g/mol. The van der Waals surface area contributed by atoms with Crippen LogP contribution in [0.4, 0.5) is 11.4 Å². The number of hydrogen-bond donors (Lipinski definition) is 1. The van der Waals surface area contributed by atoms with Crippen molar-refractivity contribution in [2.75, 3.05) is 49.6 Å². The first-order chi connectivity index (χ1) is 15.5. The summed E-state index contributed by atoms with van der Waals surface area (Å²) in [4.78, 5) is 15.7. The molecule has 7 nitrogen and oxygen atoms in total. The summed E-state index contributed by atoms with van der Waals surface area (Å²) in [6.45, 7) is 5.17. The molecule has 2 aliphatic rings. The Morgan fingerprint density at radius 2 is 1.62 bits per heavy atom. The SMILES string of the molecule is Cc1ccc(S(=O)(=O)N2CCOCC2)cc1C(=O)Nc1ccccc1N1CCCCCC1. The van der Waals surface area contributed by atoms with Gasteiger partial charge in [-0.1, -0.05) is 31.0 Å². The Labute approximate surface area is 190 Å². The summed E-state index contributed by atoms with van der Waals surface area (Å²) in [7, 11) is -3.67. The maximum absolute atomic E-state index is 13.2. The van der Waals surface area contributed by atoms with Crippen LogP contribution in [-0.2, 0) is 14.8 Å². The van der Waals surface area contributed by atoms with E-state index in [4.69, 9.17) is 4.74 Å². The first-order valence-corrected chi connectivity index (χ1v) is 12.7. The molecule has 1 N–H and O–H groups in total. The summed E-state index contributed by atoms with van der Waals surface area (Å²) in [5, 5.41) is 3.03. The van der Waals surface area contributed by atoms with Crippen molar-refractivity contribution in [3.8, 4) is 0 Å². The van der Waals surface area contributed by atoms with Gasteiger partial charge in [-0.3, -0.25) is 4.79 Å². The van der Waals surface area contributed by atoms with Crippen molar-refractivity contribution < 1.29 is 17.9 Å². The second kappa shape index (κ2) is 10.0. The molecule has 8 heteroatoms. The van der Waals surface area contributed by atoms with E-state index in [1.54, 1.807) is 12.1 Å². The van der Waals surface area contributed by atoms with Crippen molar-refractivity contribution >= 4 is 27.3 Å². The number of anilines is 2. The van der Waals surface area contributed by atoms with Gasteiger partial charge in [0.25, 0.3) is 5.91 Å². The number of sulfonamides is 1. The van der Waals surface area contributed by atoms with Crippen molar-refractivity contribution in [2.24, 2.45) is 0 Å². The minimum Gasteiger partial charge on any atom is -0.379 e. The van der Waals surface area contributed by atoms with Gasteiger partial charge in [0.05, 0.1) is 29.5 Å². The van der Waals surface area contributed by atoms with Crippen LogP contribution in [0.25, 0.3) is 0 Å². The van der Waals surface area contributed by atoms with Gasteiger partial charge >= 0.3 is 0 Å². The van der Waals surface area contributed by atoms with Crippen LogP contribution in [0.15, 0.2) is 47.4 Å². The molecular formula is C24H31N3O4S. The predicted octanol–water partition coefficient (Wildman–Crippen LogP) is 3.65. The highest BCUT2D eigenvalue weighted by Gasteiger charge is 2.27. The molecule has 0 unspecified atom stereocenters. The van der Waals surface area contributed by atoms with E-state index >= 15 is 0 Å². The molecule has 2 heterocycles. The van der Waals surface area contributed by atoms with Gasteiger partial charge in [0.1, 0.15) is 0 Å². The van der Waals surface area contributed by atoms with Gasteiger partial charge in [-0.2, -0.15) is 4.31 Å². The topological polar surface area (TPSA) is 78.9 Å². The molecule has 0 saturated carbocycles. The van der Waals surface area contributed by atoms with Crippen LogP contribution in [-0.4, -0.2) is 58.0 Å². The number of aryl methyl sites for hydroxylation is 1. The third-order valence-corrected chi connectivity index (χ3v) is 8.06. The molecule has 0 bridgehead atoms. The number of morpholine rings is 1. The monoisotopic (exact) mass is 457 g/mol. The summed E-state index contributed by atoms with van der Waals surface area (Å²) in [5.41, 5.74) is 2.86. The molecule has 32 heavy (non-hydrogen) atoms. The number of carbonyl (C=O) groups is 1. The highest BCUT2D eigenvalue weighted by Crippen LogP contribution is 2.29. The molecule has 0 radical (unpaired) electrons. The largest absolute Gasteiger partial charge is 0.379 e. The number of para-hydroxylation sites is 2. The number of hydrogen-bond acceptors (Lipinski definition) is 5. The zero-order valence-electron chi connectivity index (χ0n) is 18.5. The van der Waals surface area contributed by atoms with E-state index in [0.717, 1.165) is 42.9 Å². The Bertz CT molecular complexity index is 1060. The van der Waals surface area contributed by atoms with Gasteiger partial charge in [0, 0.05) is 31.7 Å². The van der Waals surface area contributed by atoms with Gasteiger partial charge in [-0.25, -0.2) is 8.42 Å². The Balaban J connectivity index is 1.59. The Kier molecular flexibility index (Phi) is 7.13. The van der Waals surface area contributed by atoms with Crippen molar-refractivity contribution in [3.05, 3.63) is 53.6 Å². The van der Waals surface area contributed by atoms with Crippen LogP contribution < -0.4 is 10.2 Å². The molecule has 2 aliphatic heterocycles.